The van der Waals surface area contributed by atoms with Gasteiger partial charge in [-0.2, -0.15) is 9.97 Å². The summed E-state index contributed by atoms with van der Waals surface area (Å²) in [4.78, 5) is 15.9. The fraction of sp³-hybridized carbons (Fsp3) is 0.583. The molecular weight excluding hydrogens is 228 g/mol. The highest BCUT2D eigenvalue weighted by molar-refractivity contribution is 5.83. The van der Waals surface area contributed by atoms with Gasteiger partial charge in [0, 0.05) is 13.6 Å². The van der Waals surface area contributed by atoms with Crippen molar-refractivity contribution in [1.29, 1.82) is 0 Å². The number of H-pyrrole nitrogens is 1. The number of imidazole rings is 1. The van der Waals surface area contributed by atoms with Crippen molar-refractivity contribution in [1.82, 2.24) is 19.9 Å². The molecule has 0 unspecified atom stereocenters. The van der Waals surface area contributed by atoms with Gasteiger partial charge >= 0.3 is 0 Å². The molecule has 0 aliphatic heterocycles. The number of hydrogen-bond acceptors (Lipinski definition) is 5. The van der Waals surface area contributed by atoms with Crippen LogP contribution in [0.25, 0.3) is 11.2 Å². The number of rotatable bonds is 4. The van der Waals surface area contributed by atoms with Crippen molar-refractivity contribution in [2.45, 2.75) is 27.2 Å². The Morgan fingerprint density at radius 2 is 2.06 bits per heavy atom. The van der Waals surface area contributed by atoms with Crippen LogP contribution in [0, 0.1) is 5.41 Å². The molecule has 0 saturated carbocycles. The van der Waals surface area contributed by atoms with Crippen LogP contribution in [-0.2, 0) is 0 Å². The first kappa shape index (κ1) is 12.6. The van der Waals surface area contributed by atoms with Gasteiger partial charge in [-0.05, 0) is 11.8 Å². The fourth-order valence-electron chi connectivity index (χ4n) is 1.63. The van der Waals surface area contributed by atoms with Crippen LogP contribution < -0.4 is 10.6 Å². The first-order valence-electron chi connectivity index (χ1n) is 6.12. The summed E-state index contributed by atoms with van der Waals surface area (Å²) in [5.74, 6) is 1.37. The number of aromatic amines is 1. The largest absolute Gasteiger partial charge is 0.368 e. The van der Waals surface area contributed by atoms with Gasteiger partial charge in [-0.1, -0.05) is 20.8 Å². The summed E-state index contributed by atoms with van der Waals surface area (Å²) >= 11 is 0. The maximum absolute atomic E-state index is 4.41. The van der Waals surface area contributed by atoms with Gasteiger partial charge in [0.15, 0.2) is 11.5 Å². The third-order valence-corrected chi connectivity index (χ3v) is 2.68. The van der Waals surface area contributed by atoms with E-state index < -0.39 is 0 Å². The molecule has 0 aliphatic carbocycles. The molecule has 0 radical (unpaired) electrons. The first-order valence-corrected chi connectivity index (χ1v) is 6.12. The molecule has 0 saturated heterocycles. The lowest BCUT2D eigenvalue weighted by Crippen LogP contribution is -2.14. The molecule has 0 aliphatic rings. The summed E-state index contributed by atoms with van der Waals surface area (Å²) in [7, 11) is 1.80. The molecule has 2 heterocycles. The van der Waals surface area contributed by atoms with Gasteiger partial charge < -0.3 is 15.6 Å². The molecular formula is C12H20N6. The Morgan fingerprint density at radius 1 is 1.28 bits per heavy atom. The molecule has 6 heteroatoms. The Balaban J connectivity index is 2.18. The number of nitrogens with one attached hydrogen (secondary N) is 3. The molecule has 0 spiro atoms. The average Bonchev–Trinajstić information content (AvgIpc) is 2.75. The quantitative estimate of drug-likeness (QED) is 0.773. The monoisotopic (exact) mass is 248 g/mol. The zero-order valence-corrected chi connectivity index (χ0v) is 11.3. The van der Waals surface area contributed by atoms with Crippen molar-refractivity contribution >= 4 is 22.9 Å². The zero-order valence-electron chi connectivity index (χ0n) is 11.3. The van der Waals surface area contributed by atoms with E-state index in [1.165, 1.54) is 0 Å². The minimum atomic E-state index is 0.305. The van der Waals surface area contributed by atoms with E-state index in [4.69, 9.17) is 0 Å². The Hall–Kier alpha value is -1.85. The van der Waals surface area contributed by atoms with Crippen LogP contribution in [0.2, 0.25) is 0 Å². The highest BCUT2D eigenvalue weighted by atomic mass is 15.2. The van der Waals surface area contributed by atoms with E-state index >= 15 is 0 Å². The molecule has 0 fully saturated rings. The second kappa shape index (κ2) is 4.80. The highest BCUT2D eigenvalue weighted by Crippen LogP contribution is 2.21. The smallest absolute Gasteiger partial charge is 0.226 e. The maximum atomic E-state index is 4.41. The summed E-state index contributed by atoms with van der Waals surface area (Å²) in [6.45, 7) is 7.54. The molecule has 2 aromatic rings. The Morgan fingerprint density at radius 3 is 2.72 bits per heavy atom. The van der Waals surface area contributed by atoms with Crippen LogP contribution in [0.15, 0.2) is 6.33 Å². The van der Waals surface area contributed by atoms with E-state index in [-0.39, 0.29) is 0 Å². The van der Waals surface area contributed by atoms with E-state index in [1.54, 1.807) is 13.4 Å². The molecule has 0 atom stereocenters. The minimum absolute atomic E-state index is 0.305. The van der Waals surface area contributed by atoms with Crippen molar-refractivity contribution in [3.63, 3.8) is 0 Å². The SMILES string of the molecule is CNc1nc(NCCC(C)(C)C)c2[nH]cnc2n1. The lowest BCUT2D eigenvalue weighted by molar-refractivity contribution is 0.389. The van der Waals surface area contributed by atoms with Gasteiger partial charge in [-0.25, -0.2) is 4.98 Å². The molecule has 3 N–H and O–H groups in total. The van der Waals surface area contributed by atoms with Crippen molar-refractivity contribution in [2.24, 2.45) is 5.41 Å². The molecule has 0 amide bonds. The molecule has 98 valence electrons. The molecule has 2 aromatic heterocycles. The topological polar surface area (TPSA) is 78.5 Å². The summed E-state index contributed by atoms with van der Waals surface area (Å²) in [5.41, 5.74) is 1.83. The standard InChI is InChI=1S/C12H20N6/c1-12(2,3)5-6-14-9-8-10(16-7-15-8)18-11(13-4)17-9/h7H,5-6H2,1-4H3,(H3,13,14,15,16,17,18). The molecule has 2 rings (SSSR count). The van der Waals surface area contributed by atoms with E-state index in [2.05, 4.69) is 51.3 Å². The average molecular weight is 248 g/mol. The van der Waals surface area contributed by atoms with Crippen LogP contribution in [-0.4, -0.2) is 33.5 Å². The second-order valence-corrected chi connectivity index (χ2v) is 5.48. The van der Waals surface area contributed by atoms with Gasteiger partial charge in [0.25, 0.3) is 0 Å². The van der Waals surface area contributed by atoms with Crippen LogP contribution >= 0.6 is 0 Å². The Kier molecular flexibility index (Phi) is 3.36. The lowest BCUT2D eigenvalue weighted by atomic mass is 9.92. The van der Waals surface area contributed by atoms with Crippen LogP contribution in [0.4, 0.5) is 11.8 Å². The van der Waals surface area contributed by atoms with Gasteiger partial charge in [-0.15, -0.1) is 0 Å². The molecule has 0 bridgehead atoms. The lowest BCUT2D eigenvalue weighted by Gasteiger charge is -2.18. The Bertz CT molecular complexity index is 525. The van der Waals surface area contributed by atoms with Crippen LogP contribution in [0.1, 0.15) is 27.2 Å². The van der Waals surface area contributed by atoms with Crippen molar-refractivity contribution < 1.29 is 0 Å². The van der Waals surface area contributed by atoms with Crippen LogP contribution in [0.3, 0.4) is 0 Å². The zero-order chi connectivity index (χ0) is 13.2. The number of hydrogen-bond donors (Lipinski definition) is 3. The summed E-state index contributed by atoms with van der Waals surface area (Å²) in [5, 5.41) is 6.28. The number of nitrogens with zero attached hydrogens (tertiary/aromatic N) is 3. The first-order chi connectivity index (χ1) is 8.49. The van der Waals surface area contributed by atoms with Gasteiger partial charge in [0.1, 0.15) is 5.52 Å². The van der Waals surface area contributed by atoms with Crippen molar-refractivity contribution in [2.75, 3.05) is 24.2 Å². The van der Waals surface area contributed by atoms with Crippen LogP contribution in [0.5, 0.6) is 0 Å². The summed E-state index contributed by atoms with van der Waals surface area (Å²) in [6, 6.07) is 0. The highest BCUT2D eigenvalue weighted by Gasteiger charge is 2.12. The molecule has 0 aromatic carbocycles. The molecule has 18 heavy (non-hydrogen) atoms. The number of anilines is 2. The van der Waals surface area contributed by atoms with E-state index in [1.807, 2.05) is 0 Å². The third-order valence-electron chi connectivity index (χ3n) is 2.68. The fourth-order valence-corrected chi connectivity index (χ4v) is 1.63. The molecule has 6 nitrogen and oxygen atoms in total. The Labute approximate surface area is 107 Å². The minimum Gasteiger partial charge on any atom is -0.368 e. The van der Waals surface area contributed by atoms with Gasteiger partial charge in [0.05, 0.1) is 6.33 Å². The predicted octanol–water partition coefficient (Wildman–Crippen LogP) is 2.24. The van der Waals surface area contributed by atoms with Crippen molar-refractivity contribution in [3.8, 4) is 0 Å². The summed E-state index contributed by atoms with van der Waals surface area (Å²) in [6.07, 6.45) is 2.70. The van der Waals surface area contributed by atoms with Gasteiger partial charge in [0.2, 0.25) is 5.95 Å². The maximum Gasteiger partial charge on any atom is 0.226 e. The normalized spacial score (nSPS) is 11.8. The van der Waals surface area contributed by atoms with Crippen molar-refractivity contribution in [3.05, 3.63) is 6.33 Å². The van der Waals surface area contributed by atoms with E-state index in [0.717, 1.165) is 24.3 Å². The van der Waals surface area contributed by atoms with E-state index in [0.29, 0.717) is 17.0 Å². The number of fused-ring (bicyclic) bond motifs is 1. The predicted molar refractivity (Wildman–Crippen MR) is 73.8 cm³/mol. The summed E-state index contributed by atoms with van der Waals surface area (Å²) < 4.78 is 0. The van der Waals surface area contributed by atoms with E-state index in [9.17, 15) is 0 Å². The third kappa shape index (κ3) is 2.88. The van der Waals surface area contributed by atoms with Gasteiger partial charge in [-0.3, -0.25) is 0 Å². The number of aromatic nitrogens is 4. The second-order valence-electron chi connectivity index (χ2n) is 5.48.